The van der Waals surface area contributed by atoms with Crippen LogP contribution in [-0.4, -0.2) is 39.6 Å². The van der Waals surface area contributed by atoms with Crippen LogP contribution in [0.3, 0.4) is 0 Å². The molecule has 0 bridgehead atoms. The second-order valence-electron chi connectivity index (χ2n) is 7.79. The van der Waals surface area contributed by atoms with Crippen LogP contribution in [0.5, 0.6) is 0 Å². The molecule has 3 heterocycles. The number of carbonyl (C=O) groups is 4. The van der Waals surface area contributed by atoms with Gasteiger partial charge in [-0.1, -0.05) is 29.3 Å². The number of hydrogen-bond acceptors (Lipinski definition) is 7. The van der Waals surface area contributed by atoms with Gasteiger partial charge in [-0.2, -0.15) is 0 Å². The van der Waals surface area contributed by atoms with Gasteiger partial charge in [0.15, 0.2) is 0 Å². The van der Waals surface area contributed by atoms with E-state index in [0.29, 0.717) is 32.9 Å². The molecule has 9 nitrogen and oxygen atoms in total. The second kappa shape index (κ2) is 8.58. The molecule has 0 saturated carbocycles. The highest BCUT2D eigenvalue weighted by molar-refractivity contribution is 6.42. The van der Waals surface area contributed by atoms with Gasteiger partial charge in [-0.15, -0.1) is 0 Å². The van der Waals surface area contributed by atoms with Gasteiger partial charge in [0.05, 0.1) is 33.9 Å². The average molecular weight is 499 g/mol. The average Bonchev–Trinajstić information content (AvgIpc) is 3.38. The number of piperidine rings is 1. The van der Waals surface area contributed by atoms with E-state index in [9.17, 15) is 19.2 Å². The Morgan fingerprint density at radius 3 is 2.68 bits per heavy atom. The lowest BCUT2D eigenvalue weighted by Gasteiger charge is -2.27. The molecule has 11 heteroatoms. The standard InChI is InChI=1S/C23H16Cl2N4O5/c24-14-5-4-11(8-15(14)25)21-27-10-12(34-21)9-26-16-3-1-2-13-19(16)23(33)29(22(13)32)17-6-7-18(30)28-20(17)31/h1-5,8,10,17,26H,6-7,9H2,(H,28,30,31). The van der Waals surface area contributed by atoms with E-state index in [-0.39, 0.29) is 30.5 Å². The zero-order valence-electron chi connectivity index (χ0n) is 17.4. The summed E-state index contributed by atoms with van der Waals surface area (Å²) in [6.45, 7) is 0.185. The van der Waals surface area contributed by atoms with Crippen LogP contribution in [-0.2, 0) is 16.1 Å². The van der Waals surface area contributed by atoms with Gasteiger partial charge in [0, 0.05) is 17.7 Å². The minimum absolute atomic E-state index is 0.0571. The van der Waals surface area contributed by atoms with Gasteiger partial charge >= 0.3 is 0 Å². The number of imide groups is 2. The largest absolute Gasteiger partial charge is 0.439 e. The Bertz CT molecular complexity index is 1370. The van der Waals surface area contributed by atoms with Gasteiger partial charge in [-0.05, 0) is 36.8 Å². The zero-order valence-corrected chi connectivity index (χ0v) is 18.9. The van der Waals surface area contributed by atoms with E-state index >= 15 is 0 Å². The third-order valence-electron chi connectivity index (χ3n) is 5.64. The van der Waals surface area contributed by atoms with E-state index in [0.717, 1.165) is 4.90 Å². The van der Waals surface area contributed by atoms with E-state index in [1.54, 1.807) is 30.3 Å². The monoisotopic (exact) mass is 498 g/mol. The van der Waals surface area contributed by atoms with Gasteiger partial charge in [0.1, 0.15) is 11.8 Å². The molecular formula is C23H16Cl2N4O5. The minimum atomic E-state index is -1.03. The summed E-state index contributed by atoms with van der Waals surface area (Å²) in [5.41, 5.74) is 1.43. The fraction of sp³-hybridized carbons (Fsp3) is 0.174. The molecule has 172 valence electrons. The highest BCUT2D eigenvalue weighted by Gasteiger charge is 2.45. The number of halogens is 2. The van der Waals surface area contributed by atoms with Crippen LogP contribution in [0.2, 0.25) is 10.0 Å². The van der Waals surface area contributed by atoms with Crippen LogP contribution in [0.4, 0.5) is 5.69 Å². The summed E-state index contributed by atoms with van der Waals surface area (Å²) in [7, 11) is 0. The first-order valence-corrected chi connectivity index (χ1v) is 11.1. The highest BCUT2D eigenvalue weighted by atomic mass is 35.5. The Hall–Kier alpha value is -3.69. The first-order chi connectivity index (χ1) is 16.3. The normalized spacial score (nSPS) is 17.7. The quantitative estimate of drug-likeness (QED) is 0.514. The number of anilines is 1. The van der Waals surface area contributed by atoms with Crippen LogP contribution in [0.15, 0.2) is 47.0 Å². The minimum Gasteiger partial charge on any atom is -0.439 e. The first kappa shape index (κ1) is 22.1. The Balaban J connectivity index is 1.35. The van der Waals surface area contributed by atoms with Crippen LogP contribution in [0, 0.1) is 0 Å². The molecule has 5 rings (SSSR count). The third kappa shape index (κ3) is 3.82. The lowest BCUT2D eigenvalue weighted by molar-refractivity contribution is -0.136. The number of carbonyl (C=O) groups excluding carboxylic acids is 4. The number of nitrogens with zero attached hydrogens (tertiary/aromatic N) is 2. The molecule has 1 aromatic heterocycles. The van der Waals surface area contributed by atoms with Crippen LogP contribution < -0.4 is 10.6 Å². The summed E-state index contributed by atoms with van der Waals surface area (Å²) in [5.74, 6) is -1.41. The maximum Gasteiger partial charge on any atom is 0.264 e. The summed E-state index contributed by atoms with van der Waals surface area (Å²) in [5, 5.41) is 6.08. The van der Waals surface area contributed by atoms with Crippen LogP contribution >= 0.6 is 23.2 Å². The van der Waals surface area contributed by atoms with Crippen molar-refractivity contribution in [2.24, 2.45) is 0 Å². The van der Waals surface area contributed by atoms with Gasteiger partial charge < -0.3 is 9.73 Å². The Labute approximate surface area is 203 Å². The molecule has 0 spiro atoms. The van der Waals surface area contributed by atoms with Gasteiger partial charge in [0.25, 0.3) is 11.8 Å². The first-order valence-electron chi connectivity index (χ1n) is 10.3. The lowest BCUT2D eigenvalue weighted by atomic mass is 10.0. The number of rotatable bonds is 5. The third-order valence-corrected chi connectivity index (χ3v) is 6.38. The van der Waals surface area contributed by atoms with E-state index in [2.05, 4.69) is 15.6 Å². The predicted molar refractivity (Wildman–Crippen MR) is 122 cm³/mol. The van der Waals surface area contributed by atoms with Crippen molar-refractivity contribution in [1.29, 1.82) is 0 Å². The number of aromatic nitrogens is 1. The van der Waals surface area contributed by atoms with E-state index in [4.69, 9.17) is 27.6 Å². The molecule has 1 unspecified atom stereocenters. The number of fused-ring (bicyclic) bond motifs is 1. The molecule has 2 N–H and O–H groups in total. The summed E-state index contributed by atoms with van der Waals surface area (Å²) in [6, 6.07) is 8.83. The van der Waals surface area contributed by atoms with E-state index in [1.165, 1.54) is 12.3 Å². The lowest BCUT2D eigenvalue weighted by Crippen LogP contribution is -2.54. The fourth-order valence-electron chi connectivity index (χ4n) is 4.00. The van der Waals surface area contributed by atoms with Crippen LogP contribution in [0.1, 0.15) is 39.3 Å². The van der Waals surface area contributed by atoms with Crippen molar-refractivity contribution in [1.82, 2.24) is 15.2 Å². The number of hydrogen-bond donors (Lipinski definition) is 2. The highest BCUT2D eigenvalue weighted by Crippen LogP contribution is 2.33. The maximum absolute atomic E-state index is 13.2. The number of benzene rings is 2. The summed E-state index contributed by atoms with van der Waals surface area (Å²) in [4.78, 5) is 55.0. The van der Waals surface area contributed by atoms with E-state index in [1.807, 2.05) is 0 Å². The van der Waals surface area contributed by atoms with Gasteiger partial charge in [-0.25, -0.2) is 4.98 Å². The Morgan fingerprint density at radius 2 is 1.91 bits per heavy atom. The molecule has 1 atom stereocenters. The molecule has 1 fully saturated rings. The molecule has 0 radical (unpaired) electrons. The van der Waals surface area contributed by atoms with Crippen molar-refractivity contribution in [2.45, 2.75) is 25.4 Å². The summed E-state index contributed by atoms with van der Waals surface area (Å²) >= 11 is 12.0. The molecule has 34 heavy (non-hydrogen) atoms. The zero-order chi connectivity index (χ0) is 24.0. The summed E-state index contributed by atoms with van der Waals surface area (Å²) in [6.07, 6.45) is 1.69. The van der Waals surface area contributed by atoms with Crippen molar-refractivity contribution < 1.29 is 23.6 Å². The number of nitrogens with one attached hydrogen (secondary N) is 2. The molecule has 3 aromatic rings. The Morgan fingerprint density at radius 1 is 1.09 bits per heavy atom. The number of amides is 4. The predicted octanol–water partition coefficient (Wildman–Crippen LogP) is 3.66. The van der Waals surface area contributed by atoms with Gasteiger partial charge in [-0.3, -0.25) is 29.4 Å². The van der Waals surface area contributed by atoms with Crippen molar-refractivity contribution in [3.63, 3.8) is 0 Å². The smallest absolute Gasteiger partial charge is 0.264 e. The summed E-state index contributed by atoms with van der Waals surface area (Å²) < 4.78 is 5.77. The van der Waals surface area contributed by atoms with Crippen molar-refractivity contribution in [3.8, 4) is 11.5 Å². The van der Waals surface area contributed by atoms with Crippen LogP contribution in [0.25, 0.3) is 11.5 Å². The molecule has 2 aliphatic heterocycles. The molecule has 0 aliphatic carbocycles. The SMILES string of the molecule is O=C1CCC(N2C(=O)c3cccc(NCc4cnc(-c5ccc(Cl)c(Cl)c5)o4)c3C2=O)C(=O)N1. The molecule has 4 amide bonds. The number of oxazole rings is 1. The topological polar surface area (TPSA) is 122 Å². The van der Waals surface area contributed by atoms with E-state index < -0.39 is 29.7 Å². The van der Waals surface area contributed by atoms with Gasteiger partial charge in [0.2, 0.25) is 17.7 Å². The molecule has 1 saturated heterocycles. The van der Waals surface area contributed by atoms with Crippen molar-refractivity contribution in [3.05, 3.63) is 69.5 Å². The molecular weight excluding hydrogens is 483 g/mol. The maximum atomic E-state index is 13.2. The fourth-order valence-corrected chi connectivity index (χ4v) is 4.29. The molecule has 2 aromatic carbocycles. The van der Waals surface area contributed by atoms with Crippen molar-refractivity contribution in [2.75, 3.05) is 5.32 Å². The molecule has 2 aliphatic rings. The second-order valence-corrected chi connectivity index (χ2v) is 8.60. The van der Waals surface area contributed by atoms with Crippen molar-refractivity contribution >= 4 is 52.5 Å². The Kier molecular flexibility index (Phi) is 5.59.